The fourth-order valence-corrected chi connectivity index (χ4v) is 5.00. The van der Waals surface area contributed by atoms with Crippen molar-refractivity contribution in [1.82, 2.24) is 4.57 Å². The molecule has 182 valence electrons. The first-order chi connectivity index (χ1) is 16.9. The number of nitrogens with zero attached hydrogens (tertiary/aromatic N) is 3. The van der Waals surface area contributed by atoms with Crippen molar-refractivity contribution in [3.63, 3.8) is 0 Å². The van der Waals surface area contributed by atoms with Crippen LogP contribution in [0.25, 0.3) is 0 Å². The van der Waals surface area contributed by atoms with Crippen molar-refractivity contribution in [2.75, 3.05) is 18.0 Å². The normalized spacial score (nSPS) is 16.0. The zero-order valence-electron chi connectivity index (χ0n) is 20.1. The molecule has 2 atom stereocenters. The summed E-state index contributed by atoms with van der Waals surface area (Å²) >= 11 is 0. The average molecular weight is 474 g/mol. The number of aromatic nitrogens is 1. The van der Waals surface area contributed by atoms with Crippen LogP contribution >= 0.6 is 0 Å². The number of aryl methyl sites for hydroxylation is 2. The first kappa shape index (κ1) is 24.4. The smallest absolute Gasteiger partial charge is 0.306 e. The van der Waals surface area contributed by atoms with E-state index in [9.17, 15) is 19.6 Å². The average Bonchev–Trinajstić information content (AvgIpc) is 2.87. The van der Waals surface area contributed by atoms with Gasteiger partial charge in [0.15, 0.2) is 0 Å². The second-order valence-electron chi connectivity index (χ2n) is 9.37. The van der Waals surface area contributed by atoms with Gasteiger partial charge in [-0.2, -0.15) is 4.91 Å². The molecule has 0 bridgehead atoms. The van der Waals surface area contributed by atoms with Crippen LogP contribution in [-0.2, 0) is 11.8 Å². The van der Waals surface area contributed by atoms with Gasteiger partial charge in [-0.15, -0.1) is 0 Å². The van der Waals surface area contributed by atoms with Gasteiger partial charge in [0.05, 0.1) is 5.92 Å². The summed E-state index contributed by atoms with van der Waals surface area (Å²) in [6, 6.07) is 19.1. The van der Waals surface area contributed by atoms with E-state index in [0.717, 1.165) is 41.0 Å². The Hall–Kier alpha value is -3.74. The molecular weight excluding hydrogens is 442 g/mol. The highest BCUT2D eigenvalue weighted by Crippen LogP contribution is 2.37. The second-order valence-corrected chi connectivity index (χ2v) is 9.37. The van der Waals surface area contributed by atoms with Gasteiger partial charge < -0.3 is 14.6 Å². The minimum Gasteiger partial charge on any atom is -0.481 e. The molecular formula is C28H31N3O4. The van der Waals surface area contributed by atoms with Crippen LogP contribution in [0.5, 0.6) is 0 Å². The van der Waals surface area contributed by atoms with Gasteiger partial charge in [0.2, 0.25) is 5.56 Å². The van der Waals surface area contributed by atoms with Crippen LogP contribution < -0.4 is 10.5 Å². The Bertz CT molecular complexity index is 1240. The number of anilines is 1. The van der Waals surface area contributed by atoms with Gasteiger partial charge in [0, 0.05) is 44.0 Å². The molecule has 1 aromatic heterocycles. The molecule has 0 saturated carbocycles. The summed E-state index contributed by atoms with van der Waals surface area (Å²) in [4.78, 5) is 37.3. The van der Waals surface area contributed by atoms with Crippen molar-refractivity contribution in [2.24, 2.45) is 18.1 Å². The number of hydrogen-bond donors (Lipinski definition) is 1. The number of pyridine rings is 1. The Labute approximate surface area is 205 Å². The first-order valence-corrected chi connectivity index (χ1v) is 12.0. The van der Waals surface area contributed by atoms with E-state index in [1.807, 2.05) is 12.1 Å². The molecule has 7 heteroatoms. The summed E-state index contributed by atoms with van der Waals surface area (Å²) in [5, 5.41) is 12.7. The fourth-order valence-electron chi connectivity index (χ4n) is 5.00. The number of hydrogen-bond acceptors (Lipinski definition) is 5. The van der Waals surface area contributed by atoms with E-state index in [4.69, 9.17) is 0 Å². The number of rotatable bonds is 8. The van der Waals surface area contributed by atoms with Crippen molar-refractivity contribution in [1.29, 1.82) is 0 Å². The van der Waals surface area contributed by atoms with Crippen LogP contribution in [0.1, 0.15) is 53.5 Å². The largest absolute Gasteiger partial charge is 0.481 e. The van der Waals surface area contributed by atoms with E-state index < -0.39 is 12.0 Å². The molecule has 4 rings (SSSR count). The Morgan fingerprint density at radius 2 is 1.69 bits per heavy atom. The van der Waals surface area contributed by atoms with Gasteiger partial charge in [-0.1, -0.05) is 41.6 Å². The Balaban J connectivity index is 1.61. The van der Waals surface area contributed by atoms with Gasteiger partial charge in [0.1, 0.15) is 6.04 Å². The number of carboxylic acids is 1. The molecule has 1 aliphatic rings. The van der Waals surface area contributed by atoms with E-state index in [0.29, 0.717) is 19.3 Å². The van der Waals surface area contributed by atoms with Crippen LogP contribution in [0, 0.1) is 17.7 Å². The number of nitroso groups, excluding NO2 is 1. The van der Waals surface area contributed by atoms with E-state index >= 15 is 0 Å². The summed E-state index contributed by atoms with van der Waals surface area (Å²) in [5.41, 5.74) is 5.03. The summed E-state index contributed by atoms with van der Waals surface area (Å²) in [7, 11) is 1.67. The second kappa shape index (κ2) is 10.7. The zero-order valence-corrected chi connectivity index (χ0v) is 20.1. The van der Waals surface area contributed by atoms with Gasteiger partial charge in [-0.25, -0.2) is 0 Å². The van der Waals surface area contributed by atoms with E-state index in [1.54, 1.807) is 19.3 Å². The summed E-state index contributed by atoms with van der Waals surface area (Å²) < 4.78 is 1.47. The zero-order chi connectivity index (χ0) is 24.9. The number of aliphatic carboxylic acids is 1. The highest BCUT2D eigenvalue weighted by Gasteiger charge is 2.26. The summed E-state index contributed by atoms with van der Waals surface area (Å²) in [6.07, 6.45) is 3.47. The molecule has 0 aliphatic carbocycles. The van der Waals surface area contributed by atoms with E-state index in [-0.39, 0.29) is 17.4 Å². The highest BCUT2D eigenvalue weighted by molar-refractivity contribution is 5.70. The molecule has 0 radical (unpaired) electrons. The number of benzene rings is 2. The third-order valence-corrected chi connectivity index (χ3v) is 7.15. The molecule has 1 N–H and O–H groups in total. The monoisotopic (exact) mass is 473 g/mol. The molecule has 2 heterocycles. The van der Waals surface area contributed by atoms with Crippen LogP contribution in [0.15, 0.2) is 76.8 Å². The van der Waals surface area contributed by atoms with Gasteiger partial charge in [0.25, 0.3) is 0 Å². The van der Waals surface area contributed by atoms with Crippen molar-refractivity contribution in [3.05, 3.63) is 104 Å². The molecule has 1 unspecified atom stereocenters. The lowest BCUT2D eigenvalue weighted by Gasteiger charge is -2.32. The lowest BCUT2D eigenvalue weighted by molar-refractivity contribution is -0.142. The number of piperidine rings is 1. The van der Waals surface area contributed by atoms with Crippen molar-refractivity contribution >= 4 is 11.7 Å². The maximum Gasteiger partial charge on any atom is 0.306 e. The lowest BCUT2D eigenvalue weighted by Crippen LogP contribution is -2.36. The van der Waals surface area contributed by atoms with Gasteiger partial charge >= 0.3 is 5.97 Å². The Morgan fingerprint density at radius 1 is 1.03 bits per heavy atom. The molecule has 3 aromatic rings. The third-order valence-electron chi connectivity index (χ3n) is 7.15. The lowest BCUT2D eigenvalue weighted by atomic mass is 9.82. The van der Waals surface area contributed by atoms with Crippen LogP contribution in [0.4, 0.5) is 5.69 Å². The highest BCUT2D eigenvalue weighted by atomic mass is 16.4. The number of carbonyl (C=O) groups is 1. The molecule has 1 aliphatic heterocycles. The van der Waals surface area contributed by atoms with Crippen molar-refractivity contribution in [3.8, 4) is 0 Å². The Kier molecular flexibility index (Phi) is 7.44. The summed E-state index contributed by atoms with van der Waals surface area (Å²) in [6.45, 7) is 3.52. The van der Waals surface area contributed by atoms with Crippen LogP contribution in [-0.4, -0.2) is 28.7 Å². The number of carboxylic acid groups (broad SMARTS) is 1. The SMILES string of the molecule is Cc1ccccc1[C@H](CC(N=O)c1ccc(=O)n(C)c1)c1ccc(N2CCC(C(=O)O)CC2)cc1. The molecule has 2 aromatic carbocycles. The predicted molar refractivity (Wildman–Crippen MR) is 137 cm³/mol. The van der Waals surface area contributed by atoms with E-state index in [2.05, 4.69) is 53.4 Å². The van der Waals surface area contributed by atoms with Crippen LogP contribution in [0.3, 0.4) is 0 Å². The molecule has 7 nitrogen and oxygen atoms in total. The fraction of sp³-hybridized carbons (Fsp3) is 0.357. The van der Waals surface area contributed by atoms with Crippen molar-refractivity contribution in [2.45, 2.75) is 38.1 Å². The minimum absolute atomic E-state index is 0.0528. The van der Waals surface area contributed by atoms with E-state index in [1.165, 1.54) is 10.6 Å². The first-order valence-electron chi connectivity index (χ1n) is 12.0. The van der Waals surface area contributed by atoms with Crippen molar-refractivity contribution < 1.29 is 9.90 Å². The van der Waals surface area contributed by atoms with Gasteiger partial charge in [-0.3, -0.25) is 9.59 Å². The third kappa shape index (κ3) is 5.50. The molecule has 35 heavy (non-hydrogen) atoms. The van der Waals surface area contributed by atoms with Crippen LogP contribution in [0.2, 0.25) is 0 Å². The van der Waals surface area contributed by atoms with Gasteiger partial charge in [-0.05, 0) is 66.6 Å². The molecule has 0 amide bonds. The standard InChI is InChI=1S/C28H31N3O4/c1-19-5-3-4-6-24(19)25(17-26(29-35)22-9-12-27(32)30(2)18-22)20-7-10-23(11-8-20)31-15-13-21(14-16-31)28(33)34/h3-12,18,21,25-26H,13-17H2,1-2H3,(H,33,34)/t25-,26?/m1/s1. The topological polar surface area (TPSA) is 92.0 Å². The maximum atomic E-state index is 11.9. The minimum atomic E-state index is -0.710. The summed E-state index contributed by atoms with van der Waals surface area (Å²) in [5.74, 6) is -1.03. The maximum absolute atomic E-state index is 11.9. The Morgan fingerprint density at radius 3 is 2.29 bits per heavy atom. The predicted octanol–water partition coefficient (Wildman–Crippen LogP) is 5.02. The quantitative estimate of drug-likeness (QED) is 0.464. The molecule has 1 saturated heterocycles. The molecule has 0 spiro atoms. The molecule has 1 fully saturated rings.